The molecule has 1 fully saturated rings. The van der Waals surface area contributed by atoms with E-state index in [9.17, 15) is 19.7 Å². The van der Waals surface area contributed by atoms with Gasteiger partial charge in [0, 0.05) is 31.1 Å². The molecule has 1 aromatic rings. The van der Waals surface area contributed by atoms with E-state index in [4.69, 9.17) is 9.47 Å². The van der Waals surface area contributed by atoms with Crippen LogP contribution < -0.4 is 0 Å². The fourth-order valence-electron chi connectivity index (χ4n) is 2.77. The summed E-state index contributed by atoms with van der Waals surface area (Å²) in [6.07, 6.45) is 0.435. The normalized spacial score (nSPS) is 19.6. The van der Waals surface area contributed by atoms with Crippen molar-refractivity contribution in [2.24, 2.45) is 5.92 Å². The molecule has 1 aromatic carbocycles. The molecule has 2 atom stereocenters. The van der Waals surface area contributed by atoms with Gasteiger partial charge in [-0.05, 0) is 12.5 Å². The van der Waals surface area contributed by atoms with E-state index in [-0.39, 0.29) is 31.3 Å². The third kappa shape index (κ3) is 3.70. The predicted molar refractivity (Wildman–Crippen MR) is 84.2 cm³/mol. The van der Waals surface area contributed by atoms with Crippen LogP contribution in [0, 0.1) is 16.0 Å². The summed E-state index contributed by atoms with van der Waals surface area (Å²) in [5.74, 6) is -1.28. The van der Waals surface area contributed by atoms with Crippen LogP contribution in [0.2, 0.25) is 0 Å². The van der Waals surface area contributed by atoms with Crippen LogP contribution in [0.4, 0.5) is 10.5 Å². The zero-order valence-corrected chi connectivity index (χ0v) is 13.2. The number of hydrogen-bond acceptors (Lipinski definition) is 6. The summed E-state index contributed by atoms with van der Waals surface area (Å²) in [6.45, 7) is 5.69. The number of nitrogens with zero attached hydrogens (tertiary/aromatic N) is 2. The standard InChI is InChI=1S/C16H18N2O6/c1-3-23-15(19)14-10-17(16(20)24-4-2)9-13(14)11-5-7-12(8-6-11)18(21)22/h4-8,13-14H,2-3,9-10H2,1H3. The molecule has 8 heteroatoms. The molecule has 24 heavy (non-hydrogen) atoms. The second-order valence-electron chi connectivity index (χ2n) is 5.27. The monoisotopic (exact) mass is 334 g/mol. The van der Waals surface area contributed by atoms with Crippen molar-refractivity contribution in [1.82, 2.24) is 4.90 Å². The summed E-state index contributed by atoms with van der Waals surface area (Å²) < 4.78 is 9.84. The molecule has 0 bridgehead atoms. The maximum atomic E-state index is 12.2. The van der Waals surface area contributed by atoms with E-state index in [1.807, 2.05) is 0 Å². The van der Waals surface area contributed by atoms with Gasteiger partial charge in [0.25, 0.3) is 5.69 Å². The summed E-state index contributed by atoms with van der Waals surface area (Å²) >= 11 is 0. The van der Waals surface area contributed by atoms with Crippen molar-refractivity contribution in [2.75, 3.05) is 19.7 Å². The quantitative estimate of drug-likeness (QED) is 0.355. The number of nitro benzene ring substituents is 1. The van der Waals surface area contributed by atoms with Gasteiger partial charge < -0.3 is 14.4 Å². The summed E-state index contributed by atoms with van der Waals surface area (Å²) in [5, 5.41) is 10.8. The maximum Gasteiger partial charge on any atom is 0.414 e. The fourth-order valence-corrected chi connectivity index (χ4v) is 2.77. The van der Waals surface area contributed by atoms with Gasteiger partial charge in [-0.1, -0.05) is 18.7 Å². The van der Waals surface area contributed by atoms with Crippen molar-refractivity contribution in [3.8, 4) is 0 Å². The minimum atomic E-state index is -0.594. The van der Waals surface area contributed by atoms with Gasteiger partial charge in [0.15, 0.2) is 0 Å². The Balaban J connectivity index is 2.25. The maximum absolute atomic E-state index is 12.2. The van der Waals surface area contributed by atoms with Crippen LogP contribution >= 0.6 is 0 Å². The molecule has 0 radical (unpaired) electrons. The van der Waals surface area contributed by atoms with Crippen molar-refractivity contribution in [3.05, 3.63) is 52.8 Å². The highest BCUT2D eigenvalue weighted by molar-refractivity contribution is 5.77. The SMILES string of the molecule is C=COC(=O)N1CC(C(=O)OCC)C(c2ccc([N+](=O)[O-])cc2)C1. The Labute approximate surface area is 138 Å². The number of non-ortho nitro benzene ring substituents is 1. The number of amides is 1. The highest BCUT2D eigenvalue weighted by atomic mass is 16.6. The Bertz CT molecular complexity index is 642. The van der Waals surface area contributed by atoms with Crippen molar-refractivity contribution >= 4 is 17.7 Å². The minimum Gasteiger partial charge on any atom is -0.466 e. The number of nitro groups is 1. The number of carbonyl (C=O) groups is 2. The fraction of sp³-hybridized carbons (Fsp3) is 0.375. The van der Waals surface area contributed by atoms with Gasteiger partial charge >= 0.3 is 12.1 Å². The highest BCUT2D eigenvalue weighted by Gasteiger charge is 2.41. The zero-order chi connectivity index (χ0) is 17.7. The lowest BCUT2D eigenvalue weighted by Gasteiger charge is -2.16. The molecule has 8 nitrogen and oxygen atoms in total. The average molecular weight is 334 g/mol. The van der Waals surface area contributed by atoms with Gasteiger partial charge in [0.2, 0.25) is 0 Å². The molecule has 1 saturated heterocycles. The van der Waals surface area contributed by atoms with E-state index in [1.54, 1.807) is 19.1 Å². The van der Waals surface area contributed by atoms with Crippen LogP contribution in [-0.4, -0.2) is 41.6 Å². The summed E-state index contributed by atoms with van der Waals surface area (Å²) in [5.41, 5.74) is 0.694. The number of likely N-dealkylation sites (tertiary alicyclic amines) is 1. The van der Waals surface area contributed by atoms with Gasteiger partial charge in [0.1, 0.15) is 0 Å². The Morgan fingerprint density at radius 2 is 2.04 bits per heavy atom. The van der Waals surface area contributed by atoms with Gasteiger partial charge in [-0.15, -0.1) is 0 Å². The largest absolute Gasteiger partial charge is 0.466 e. The van der Waals surface area contributed by atoms with Crippen LogP contribution in [-0.2, 0) is 14.3 Å². The number of benzene rings is 1. The van der Waals surface area contributed by atoms with Crippen molar-refractivity contribution in [1.29, 1.82) is 0 Å². The van der Waals surface area contributed by atoms with Crippen LogP contribution in [0.5, 0.6) is 0 Å². The highest BCUT2D eigenvalue weighted by Crippen LogP contribution is 2.34. The van der Waals surface area contributed by atoms with E-state index >= 15 is 0 Å². The van der Waals surface area contributed by atoms with E-state index < -0.39 is 22.9 Å². The Hall–Kier alpha value is -2.90. The van der Waals surface area contributed by atoms with Crippen LogP contribution in [0.1, 0.15) is 18.4 Å². The first-order valence-electron chi connectivity index (χ1n) is 7.45. The smallest absolute Gasteiger partial charge is 0.414 e. The molecule has 0 saturated carbocycles. The van der Waals surface area contributed by atoms with Crippen molar-refractivity contribution < 1.29 is 24.0 Å². The van der Waals surface area contributed by atoms with E-state index in [1.165, 1.54) is 17.0 Å². The van der Waals surface area contributed by atoms with Crippen LogP contribution in [0.15, 0.2) is 37.1 Å². The molecule has 1 aliphatic rings. The molecule has 0 N–H and O–H groups in total. The molecular formula is C16H18N2O6. The summed E-state index contributed by atoms with van der Waals surface area (Å²) in [6, 6.07) is 5.94. The summed E-state index contributed by atoms with van der Waals surface area (Å²) in [7, 11) is 0. The Morgan fingerprint density at radius 1 is 1.38 bits per heavy atom. The molecule has 128 valence electrons. The third-order valence-corrected chi connectivity index (χ3v) is 3.88. The van der Waals surface area contributed by atoms with E-state index in [2.05, 4.69) is 6.58 Å². The topological polar surface area (TPSA) is 99.0 Å². The molecule has 2 unspecified atom stereocenters. The first-order chi connectivity index (χ1) is 11.5. The molecule has 2 rings (SSSR count). The Kier molecular flexibility index (Phi) is 5.51. The average Bonchev–Trinajstić information content (AvgIpc) is 3.01. The summed E-state index contributed by atoms with van der Waals surface area (Å²) in [4.78, 5) is 35.7. The van der Waals surface area contributed by atoms with Crippen molar-refractivity contribution in [3.63, 3.8) is 0 Å². The van der Waals surface area contributed by atoms with E-state index in [0.717, 1.165) is 11.8 Å². The van der Waals surface area contributed by atoms with Gasteiger partial charge in [-0.3, -0.25) is 14.9 Å². The second kappa shape index (κ2) is 7.58. The lowest BCUT2D eigenvalue weighted by molar-refractivity contribution is -0.384. The number of carbonyl (C=O) groups excluding carboxylic acids is 2. The first kappa shape index (κ1) is 17.5. The molecule has 0 aromatic heterocycles. The number of rotatable bonds is 5. The molecule has 0 aliphatic carbocycles. The van der Waals surface area contributed by atoms with Gasteiger partial charge in [-0.2, -0.15) is 0 Å². The molecule has 1 aliphatic heterocycles. The molecule has 0 spiro atoms. The lowest BCUT2D eigenvalue weighted by Crippen LogP contribution is -2.29. The van der Waals surface area contributed by atoms with Gasteiger partial charge in [-0.25, -0.2) is 4.79 Å². The lowest BCUT2D eigenvalue weighted by atomic mass is 9.89. The van der Waals surface area contributed by atoms with Crippen LogP contribution in [0.3, 0.4) is 0 Å². The van der Waals surface area contributed by atoms with Crippen LogP contribution in [0.25, 0.3) is 0 Å². The Morgan fingerprint density at radius 3 is 2.58 bits per heavy atom. The first-order valence-corrected chi connectivity index (χ1v) is 7.45. The second-order valence-corrected chi connectivity index (χ2v) is 5.27. The van der Waals surface area contributed by atoms with Crippen molar-refractivity contribution in [2.45, 2.75) is 12.8 Å². The predicted octanol–water partition coefficient (Wildman–Crippen LogP) is 2.45. The minimum absolute atomic E-state index is 0.0349. The molecule has 1 heterocycles. The molecular weight excluding hydrogens is 316 g/mol. The third-order valence-electron chi connectivity index (χ3n) is 3.88. The number of hydrogen-bond donors (Lipinski definition) is 0. The van der Waals surface area contributed by atoms with Gasteiger partial charge in [0.05, 0.1) is 23.7 Å². The number of ether oxygens (including phenoxy) is 2. The zero-order valence-electron chi connectivity index (χ0n) is 13.2. The number of esters is 1. The van der Waals surface area contributed by atoms with E-state index in [0.29, 0.717) is 0 Å². The molecule has 1 amide bonds.